The molecule has 0 atom stereocenters. The minimum Gasteiger partial charge on any atom is -0.271 e. The second kappa shape index (κ2) is 5.90. The predicted molar refractivity (Wildman–Crippen MR) is 99.1 cm³/mol. The van der Waals surface area contributed by atoms with Crippen molar-refractivity contribution in [3.8, 4) is 0 Å². The Morgan fingerprint density at radius 3 is 1.96 bits per heavy atom. The monoisotopic (exact) mass is 406 g/mol. The number of carbonyl (C=O) groups is 2. The van der Waals surface area contributed by atoms with Crippen molar-refractivity contribution in [3.05, 3.63) is 57.5 Å². The van der Waals surface area contributed by atoms with E-state index < -0.39 is 5.41 Å². The number of hydrogen-bond acceptors (Lipinski definition) is 2. The summed E-state index contributed by atoms with van der Waals surface area (Å²) in [6.07, 6.45) is 0. The maximum atomic E-state index is 12.9. The number of benzene rings is 2. The number of rotatable bonds is 2. The zero-order valence-electron chi connectivity index (χ0n) is 13.5. The fraction of sp³-hybridized carbons (Fsp3) is 0.222. The van der Waals surface area contributed by atoms with Crippen LogP contribution in [0.5, 0.6) is 0 Å². The van der Waals surface area contributed by atoms with Crippen molar-refractivity contribution in [3.63, 3.8) is 0 Å². The van der Waals surface area contributed by atoms with Gasteiger partial charge in [0.1, 0.15) is 5.41 Å². The maximum Gasteiger partial charge on any atom is 0.261 e. The molecule has 2 aromatic rings. The van der Waals surface area contributed by atoms with Crippen LogP contribution in [0.25, 0.3) is 0 Å². The van der Waals surface area contributed by atoms with E-state index in [4.69, 9.17) is 11.6 Å². The van der Waals surface area contributed by atoms with Gasteiger partial charge in [-0.25, -0.2) is 10.0 Å². The van der Waals surface area contributed by atoms with E-state index in [2.05, 4.69) is 15.9 Å². The molecule has 2 aromatic carbocycles. The molecule has 1 fully saturated rings. The van der Waals surface area contributed by atoms with Crippen LogP contribution in [0.1, 0.15) is 19.4 Å². The lowest BCUT2D eigenvalue weighted by atomic mass is 9.93. The van der Waals surface area contributed by atoms with Gasteiger partial charge in [-0.15, -0.1) is 0 Å². The van der Waals surface area contributed by atoms with E-state index in [1.54, 1.807) is 38.1 Å². The Morgan fingerprint density at radius 2 is 1.42 bits per heavy atom. The smallest absolute Gasteiger partial charge is 0.261 e. The Labute approximate surface area is 154 Å². The number of nitrogens with zero attached hydrogens (tertiary/aromatic N) is 2. The molecule has 1 aliphatic heterocycles. The van der Waals surface area contributed by atoms with Gasteiger partial charge in [-0.3, -0.25) is 9.59 Å². The second-order valence-corrected chi connectivity index (χ2v) is 7.56. The third-order valence-corrected chi connectivity index (χ3v) is 5.23. The lowest BCUT2D eigenvalue weighted by Crippen LogP contribution is -2.41. The van der Waals surface area contributed by atoms with Crippen molar-refractivity contribution < 1.29 is 9.59 Å². The first-order chi connectivity index (χ1) is 11.2. The van der Waals surface area contributed by atoms with Gasteiger partial charge in [-0.05, 0) is 62.7 Å². The number of amides is 2. The van der Waals surface area contributed by atoms with Gasteiger partial charge in [0.25, 0.3) is 11.8 Å². The first-order valence-electron chi connectivity index (χ1n) is 7.44. The molecule has 0 aliphatic carbocycles. The summed E-state index contributed by atoms with van der Waals surface area (Å²) in [6.45, 7) is 5.25. The molecule has 0 aromatic heterocycles. The van der Waals surface area contributed by atoms with E-state index in [9.17, 15) is 9.59 Å². The molecule has 1 saturated heterocycles. The van der Waals surface area contributed by atoms with Gasteiger partial charge in [-0.1, -0.05) is 33.6 Å². The molecule has 0 saturated carbocycles. The van der Waals surface area contributed by atoms with Crippen LogP contribution >= 0.6 is 27.5 Å². The molecule has 0 N–H and O–H groups in total. The molecule has 0 unspecified atom stereocenters. The summed E-state index contributed by atoms with van der Waals surface area (Å²) < 4.78 is 0.876. The zero-order valence-corrected chi connectivity index (χ0v) is 15.9. The second-order valence-electron chi connectivity index (χ2n) is 6.27. The molecule has 6 heteroatoms. The first-order valence-corrected chi connectivity index (χ1v) is 8.61. The normalized spacial score (nSPS) is 16.9. The fourth-order valence-electron chi connectivity index (χ4n) is 2.56. The topological polar surface area (TPSA) is 40.6 Å². The van der Waals surface area contributed by atoms with Crippen molar-refractivity contribution in [1.29, 1.82) is 0 Å². The number of hydrogen-bond donors (Lipinski definition) is 0. The van der Waals surface area contributed by atoms with Crippen LogP contribution in [-0.4, -0.2) is 11.8 Å². The van der Waals surface area contributed by atoms with Crippen LogP contribution in [0.2, 0.25) is 5.02 Å². The highest BCUT2D eigenvalue weighted by Gasteiger charge is 2.53. The van der Waals surface area contributed by atoms with Crippen molar-refractivity contribution >= 4 is 50.7 Å². The molecule has 3 rings (SSSR count). The van der Waals surface area contributed by atoms with Crippen LogP contribution < -0.4 is 10.0 Å². The standard InChI is InChI=1S/C18H16BrClN2O2/c1-11-4-7-14(10-15(11)19)22-17(24)18(2,3)16(23)21(22)13-8-5-12(20)6-9-13/h4-10H,1-3H3. The Bertz CT molecular complexity index is 833. The molecule has 0 radical (unpaired) electrons. The molecule has 0 spiro atoms. The Balaban J connectivity index is 2.15. The van der Waals surface area contributed by atoms with Gasteiger partial charge in [0.2, 0.25) is 0 Å². The van der Waals surface area contributed by atoms with Crippen LogP contribution in [-0.2, 0) is 9.59 Å². The number of anilines is 2. The SMILES string of the molecule is Cc1ccc(N2C(=O)C(C)(C)C(=O)N2c2ccc(Cl)cc2)cc1Br. The fourth-order valence-corrected chi connectivity index (χ4v) is 3.06. The van der Waals surface area contributed by atoms with Gasteiger partial charge >= 0.3 is 0 Å². The highest BCUT2D eigenvalue weighted by molar-refractivity contribution is 9.10. The summed E-state index contributed by atoms with van der Waals surface area (Å²) in [5.41, 5.74) is 1.15. The predicted octanol–water partition coefficient (Wildman–Crippen LogP) is 4.73. The summed E-state index contributed by atoms with van der Waals surface area (Å²) in [5.74, 6) is -0.537. The molecular formula is C18H16BrClN2O2. The average molecular weight is 408 g/mol. The highest BCUT2D eigenvalue weighted by Crippen LogP contribution is 2.39. The number of aryl methyl sites for hydroxylation is 1. The Hall–Kier alpha value is -1.85. The van der Waals surface area contributed by atoms with E-state index in [1.165, 1.54) is 10.0 Å². The quantitative estimate of drug-likeness (QED) is 0.675. The summed E-state index contributed by atoms with van der Waals surface area (Å²) in [7, 11) is 0. The van der Waals surface area contributed by atoms with Crippen LogP contribution in [0.15, 0.2) is 46.9 Å². The van der Waals surface area contributed by atoms with E-state index in [0.717, 1.165) is 10.0 Å². The van der Waals surface area contributed by atoms with Crippen LogP contribution in [0.4, 0.5) is 11.4 Å². The van der Waals surface area contributed by atoms with Crippen molar-refractivity contribution in [1.82, 2.24) is 0 Å². The average Bonchev–Trinajstić information content (AvgIpc) is 2.71. The minimum absolute atomic E-state index is 0.266. The number of hydrazine groups is 1. The lowest BCUT2D eigenvalue weighted by molar-refractivity contribution is -0.132. The Morgan fingerprint density at radius 1 is 0.917 bits per heavy atom. The van der Waals surface area contributed by atoms with Crippen molar-refractivity contribution in [2.24, 2.45) is 5.41 Å². The molecule has 24 heavy (non-hydrogen) atoms. The third-order valence-electron chi connectivity index (χ3n) is 4.13. The molecule has 1 aliphatic rings. The van der Waals surface area contributed by atoms with Crippen molar-refractivity contribution in [2.75, 3.05) is 10.0 Å². The minimum atomic E-state index is -1.13. The van der Waals surface area contributed by atoms with Gasteiger partial charge in [0.15, 0.2) is 0 Å². The van der Waals surface area contributed by atoms with Gasteiger partial charge in [0, 0.05) is 9.50 Å². The van der Waals surface area contributed by atoms with Gasteiger partial charge < -0.3 is 0 Å². The van der Waals surface area contributed by atoms with Crippen LogP contribution in [0.3, 0.4) is 0 Å². The first kappa shape index (κ1) is 17.0. The van der Waals surface area contributed by atoms with E-state index in [-0.39, 0.29) is 11.8 Å². The van der Waals surface area contributed by atoms with Gasteiger partial charge in [-0.2, -0.15) is 0 Å². The lowest BCUT2D eigenvalue weighted by Gasteiger charge is -2.28. The van der Waals surface area contributed by atoms with Crippen molar-refractivity contribution in [2.45, 2.75) is 20.8 Å². The summed E-state index contributed by atoms with van der Waals surface area (Å²) in [6, 6.07) is 12.4. The number of carbonyl (C=O) groups excluding carboxylic acids is 2. The zero-order chi connectivity index (χ0) is 17.6. The molecule has 1 heterocycles. The largest absolute Gasteiger partial charge is 0.271 e. The summed E-state index contributed by atoms with van der Waals surface area (Å²) in [5, 5.41) is 3.41. The highest BCUT2D eigenvalue weighted by atomic mass is 79.9. The van der Waals surface area contributed by atoms with E-state index in [1.807, 2.05) is 25.1 Å². The number of halogens is 2. The van der Waals surface area contributed by atoms with Crippen LogP contribution in [0, 0.1) is 12.3 Å². The molecule has 4 nitrogen and oxygen atoms in total. The summed E-state index contributed by atoms with van der Waals surface area (Å²) >= 11 is 9.42. The van der Waals surface area contributed by atoms with Gasteiger partial charge in [0.05, 0.1) is 11.4 Å². The molecule has 124 valence electrons. The maximum absolute atomic E-state index is 12.9. The van der Waals surface area contributed by atoms with E-state index >= 15 is 0 Å². The molecular weight excluding hydrogens is 392 g/mol. The molecule has 2 amide bonds. The Kier molecular flexibility index (Phi) is 4.18. The third kappa shape index (κ3) is 2.62. The molecule has 0 bridgehead atoms. The van der Waals surface area contributed by atoms with E-state index in [0.29, 0.717) is 16.4 Å². The summed E-state index contributed by atoms with van der Waals surface area (Å²) in [4.78, 5) is 25.8.